The van der Waals surface area contributed by atoms with Crippen LogP contribution < -0.4 is 10.6 Å². The molecule has 1 heterocycles. The van der Waals surface area contributed by atoms with Crippen LogP contribution in [0.25, 0.3) is 11.5 Å². The predicted molar refractivity (Wildman–Crippen MR) is 120 cm³/mol. The predicted octanol–water partition coefficient (Wildman–Crippen LogP) is 5.02. The first-order valence-electron chi connectivity index (χ1n) is 9.92. The highest BCUT2D eigenvalue weighted by Crippen LogP contribution is 2.29. The summed E-state index contributed by atoms with van der Waals surface area (Å²) in [5, 5.41) is 14.6. The summed E-state index contributed by atoms with van der Waals surface area (Å²) >= 11 is 6.25. The molecular weight excluding hydrogens is 412 g/mol. The van der Waals surface area contributed by atoms with E-state index in [1.165, 1.54) is 0 Å². The molecule has 0 spiro atoms. The molecule has 0 fully saturated rings. The zero-order valence-corrected chi connectivity index (χ0v) is 17.4. The van der Waals surface area contributed by atoms with Crippen LogP contribution in [0, 0.1) is 0 Å². The minimum Gasteiger partial charge on any atom is -0.418 e. The van der Waals surface area contributed by atoms with E-state index < -0.39 is 6.04 Å². The van der Waals surface area contributed by atoms with Gasteiger partial charge in [-0.25, -0.2) is 4.79 Å². The van der Waals surface area contributed by atoms with Crippen molar-refractivity contribution in [3.8, 4) is 11.5 Å². The number of nitrogens with zero attached hydrogens (tertiary/aromatic N) is 2. The number of benzene rings is 3. The topological polar surface area (TPSA) is 80.0 Å². The van der Waals surface area contributed by atoms with E-state index in [2.05, 4.69) is 20.8 Å². The van der Waals surface area contributed by atoms with Gasteiger partial charge in [0.15, 0.2) is 0 Å². The molecule has 7 heteroatoms. The summed E-state index contributed by atoms with van der Waals surface area (Å²) in [6.45, 7) is 0.506. The SMILES string of the molecule is O=C(NCCc1ccccc1)N[C@H](c1ccccc1)c1nnc(-c2ccccc2Cl)o1. The van der Waals surface area contributed by atoms with E-state index in [0.29, 0.717) is 23.0 Å². The summed E-state index contributed by atoms with van der Waals surface area (Å²) in [5.74, 6) is 0.576. The fourth-order valence-electron chi connectivity index (χ4n) is 3.18. The average molecular weight is 433 g/mol. The molecule has 1 atom stereocenters. The molecule has 6 nitrogen and oxygen atoms in total. The number of nitrogens with one attached hydrogen (secondary N) is 2. The molecule has 0 aliphatic heterocycles. The summed E-state index contributed by atoms with van der Waals surface area (Å²) in [6.07, 6.45) is 0.738. The van der Waals surface area contributed by atoms with Crippen molar-refractivity contribution in [2.75, 3.05) is 6.54 Å². The van der Waals surface area contributed by atoms with Gasteiger partial charge in [0, 0.05) is 6.54 Å². The number of aromatic nitrogens is 2. The first-order valence-corrected chi connectivity index (χ1v) is 10.3. The molecule has 4 rings (SSSR count). The van der Waals surface area contributed by atoms with Crippen LogP contribution in [0.15, 0.2) is 89.3 Å². The minimum absolute atomic E-state index is 0.277. The number of hydrogen-bond donors (Lipinski definition) is 2. The Bertz CT molecular complexity index is 1130. The number of hydrogen-bond acceptors (Lipinski definition) is 4. The van der Waals surface area contributed by atoms with Crippen LogP contribution in [0.4, 0.5) is 4.79 Å². The summed E-state index contributed by atoms with van der Waals surface area (Å²) in [5.41, 5.74) is 2.63. The highest BCUT2D eigenvalue weighted by atomic mass is 35.5. The highest BCUT2D eigenvalue weighted by molar-refractivity contribution is 6.33. The van der Waals surface area contributed by atoms with Crippen molar-refractivity contribution in [1.29, 1.82) is 0 Å². The molecule has 3 aromatic carbocycles. The van der Waals surface area contributed by atoms with Crippen LogP contribution in [0.2, 0.25) is 5.02 Å². The third kappa shape index (κ3) is 5.29. The van der Waals surface area contributed by atoms with Gasteiger partial charge < -0.3 is 15.1 Å². The lowest BCUT2D eigenvalue weighted by atomic mass is 10.1. The second-order valence-electron chi connectivity index (χ2n) is 6.90. The molecule has 156 valence electrons. The van der Waals surface area contributed by atoms with E-state index >= 15 is 0 Å². The van der Waals surface area contributed by atoms with Crippen LogP contribution in [0.5, 0.6) is 0 Å². The number of halogens is 1. The Labute approximate surface area is 185 Å². The largest absolute Gasteiger partial charge is 0.418 e. The van der Waals surface area contributed by atoms with Gasteiger partial charge >= 0.3 is 6.03 Å². The minimum atomic E-state index is -0.596. The van der Waals surface area contributed by atoms with Crippen molar-refractivity contribution in [3.63, 3.8) is 0 Å². The van der Waals surface area contributed by atoms with E-state index in [4.69, 9.17) is 16.0 Å². The number of rotatable bonds is 7. The number of carbonyl (C=O) groups is 1. The molecule has 0 bridgehead atoms. The first-order chi connectivity index (χ1) is 15.2. The number of amides is 2. The first kappa shape index (κ1) is 20.6. The summed E-state index contributed by atoms with van der Waals surface area (Å²) in [6, 6.07) is 25.8. The van der Waals surface area contributed by atoms with Gasteiger partial charge in [0.2, 0.25) is 11.8 Å². The van der Waals surface area contributed by atoms with Gasteiger partial charge in [0.25, 0.3) is 0 Å². The molecule has 2 amide bonds. The lowest BCUT2D eigenvalue weighted by Gasteiger charge is -2.16. The summed E-state index contributed by atoms with van der Waals surface area (Å²) in [7, 11) is 0. The van der Waals surface area contributed by atoms with Crippen molar-refractivity contribution in [3.05, 3.63) is 107 Å². The Balaban J connectivity index is 1.49. The Morgan fingerprint density at radius 2 is 1.58 bits per heavy atom. The van der Waals surface area contributed by atoms with Crippen LogP contribution in [-0.4, -0.2) is 22.8 Å². The van der Waals surface area contributed by atoms with E-state index in [1.807, 2.05) is 72.8 Å². The van der Waals surface area contributed by atoms with Gasteiger partial charge in [-0.15, -0.1) is 10.2 Å². The van der Waals surface area contributed by atoms with Gasteiger partial charge in [0.1, 0.15) is 6.04 Å². The summed E-state index contributed by atoms with van der Waals surface area (Å²) in [4.78, 5) is 12.6. The van der Waals surface area contributed by atoms with Crippen molar-refractivity contribution in [2.45, 2.75) is 12.5 Å². The van der Waals surface area contributed by atoms with Gasteiger partial charge in [-0.1, -0.05) is 84.4 Å². The second kappa shape index (κ2) is 9.91. The van der Waals surface area contributed by atoms with Crippen molar-refractivity contribution in [2.24, 2.45) is 0 Å². The molecular formula is C24H21ClN4O2. The lowest BCUT2D eigenvalue weighted by Crippen LogP contribution is -2.39. The quantitative estimate of drug-likeness (QED) is 0.429. The fourth-order valence-corrected chi connectivity index (χ4v) is 3.39. The molecule has 0 unspecified atom stereocenters. The van der Waals surface area contributed by atoms with Crippen LogP contribution in [-0.2, 0) is 6.42 Å². The molecule has 0 aliphatic rings. The summed E-state index contributed by atoms with van der Waals surface area (Å²) < 4.78 is 5.89. The zero-order valence-electron chi connectivity index (χ0n) is 16.7. The normalized spacial score (nSPS) is 11.6. The van der Waals surface area contributed by atoms with Crippen molar-refractivity contribution >= 4 is 17.6 Å². The third-order valence-electron chi connectivity index (χ3n) is 4.74. The maximum Gasteiger partial charge on any atom is 0.315 e. The van der Waals surface area contributed by atoms with Crippen molar-refractivity contribution in [1.82, 2.24) is 20.8 Å². The molecule has 0 saturated heterocycles. The van der Waals surface area contributed by atoms with E-state index in [0.717, 1.165) is 17.5 Å². The van der Waals surface area contributed by atoms with Gasteiger partial charge in [-0.05, 0) is 29.7 Å². The highest BCUT2D eigenvalue weighted by Gasteiger charge is 2.23. The van der Waals surface area contributed by atoms with Crippen LogP contribution in [0.3, 0.4) is 0 Å². The Morgan fingerprint density at radius 3 is 2.32 bits per heavy atom. The second-order valence-corrected chi connectivity index (χ2v) is 7.31. The zero-order chi connectivity index (χ0) is 21.5. The van der Waals surface area contributed by atoms with E-state index in [1.54, 1.807) is 12.1 Å². The van der Waals surface area contributed by atoms with Crippen molar-refractivity contribution < 1.29 is 9.21 Å². The van der Waals surface area contributed by atoms with Gasteiger partial charge in [-0.2, -0.15) is 0 Å². The standard InChI is InChI=1S/C24H21ClN4O2/c25-20-14-8-7-13-19(20)22-28-29-23(31-22)21(18-11-5-2-6-12-18)27-24(30)26-16-15-17-9-3-1-4-10-17/h1-14,21H,15-16H2,(H2,26,27,30)/t21-/m1/s1. The molecule has 2 N–H and O–H groups in total. The Hall–Kier alpha value is -3.64. The third-order valence-corrected chi connectivity index (χ3v) is 5.07. The Kier molecular flexibility index (Phi) is 6.59. The molecule has 0 saturated carbocycles. The van der Waals surface area contributed by atoms with Crippen LogP contribution in [0.1, 0.15) is 23.1 Å². The number of urea groups is 1. The lowest BCUT2D eigenvalue weighted by molar-refractivity contribution is 0.237. The monoisotopic (exact) mass is 432 g/mol. The molecule has 1 aromatic heterocycles. The molecule has 0 radical (unpaired) electrons. The molecule has 4 aromatic rings. The average Bonchev–Trinajstić information content (AvgIpc) is 3.29. The smallest absolute Gasteiger partial charge is 0.315 e. The maximum atomic E-state index is 12.6. The van der Waals surface area contributed by atoms with Gasteiger partial charge in [0.05, 0.1) is 10.6 Å². The van der Waals surface area contributed by atoms with E-state index in [9.17, 15) is 4.79 Å². The van der Waals surface area contributed by atoms with E-state index in [-0.39, 0.29) is 11.9 Å². The number of carbonyl (C=O) groups excluding carboxylic acids is 1. The Morgan fingerprint density at radius 1 is 0.903 bits per heavy atom. The molecule has 31 heavy (non-hydrogen) atoms. The maximum absolute atomic E-state index is 12.6. The van der Waals surface area contributed by atoms with Crippen LogP contribution >= 0.6 is 11.6 Å². The molecule has 0 aliphatic carbocycles. The fraction of sp³-hybridized carbons (Fsp3) is 0.125. The van der Waals surface area contributed by atoms with Gasteiger partial charge in [-0.3, -0.25) is 0 Å².